The Bertz CT molecular complexity index is 203. The molecule has 3 heteroatoms. The molecule has 1 atom stereocenters. The molecular formula is C10H18BrNO. The Balaban J connectivity index is 2.50. The van der Waals surface area contributed by atoms with Gasteiger partial charge >= 0.3 is 0 Å². The molecule has 1 fully saturated rings. The molecule has 0 aromatic rings. The average molecular weight is 248 g/mol. The van der Waals surface area contributed by atoms with Crippen LogP contribution in [0.3, 0.4) is 0 Å². The van der Waals surface area contributed by atoms with E-state index in [0.717, 1.165) is 30.5 Å². The highest BCUT2D eigenvalue weighted by atomic mass is 79.9. The van der Waals surface area contributed by atoms with E-state index in [1.165, 1.54) is 0 Å². The van der Waals surface area contributed by atoms with Gasteiger partial charge in [0.2, 0.25) is 0 Å². The summed E-state index contributed by atoms with van der Waals surface area (Å²) in [6.45, 7) is 10.8. The fraction of sp³-hybridized carbons (Fsp3) is 0.800. The third kappa shape index (κ3) is 3.08. The molecule has 1 saturated heterocycles. The van der Waals surface area contributed by atoms with Gasteiger partial charge in [-0.15, -0.1) is 0 Å². The van der Waals surface area contributed by atoms with Crippen LogP contribution in [-0.4, -0.2) is 35.7 Å². The summed E-state index contributed by atoms with van der Waals surface area (Å²) in [5.41, 5.74) is 0.0146. The molecule has 0 aromatic heterocycles. The Morgan fingerprint density at radius 1 is 1.69 bits per heavy atom. The van der Waals surface area contributed by atoms with Crippen molar-refractivity contribution < 1.29 is 5.11 Å². The average Bonchev–Trinajstić information content (AvgIpc) is 1.95. The molecule has 0 bridgehead atoms. The first kappa shape index (κ1) is 11.2. The van der Waals surface area contributed by atoms with Crippen LogP contribution in [0.5, 0.6) is 0 Å². The SMILES string of the molecule is C=C(Br)CN1CCC(O)C(C)(C)C1. The van der Waals surface area contributed by atoms with E-state index in [-0.39, 0.29) is 11.5 Å². The third-order valence-electron chi connectivity index (χ3n) is 2.65. The van der Waals surface area contributed by atoms with Gasteiger partial charge in [-0.05, 0) is 6.42 Å². The molecule has 0 spiro atoms. The van der Waals surface area contributed by atoms with Crippen molar-refractivity contribution in [1.29, 1.82) is 0 Å². The minimum atomic E-state index is -0.160. The Morgan fingerprint density at radius 3 is 2.77 bits per heavy atom. The summed E-state index contributed by atoms with van der Waals surface area (Å²) in [6, 6.07) is 0. The van der Waals surface area contributed by atoms with Gasteiger partial charge in [-0.2, -0.15) is 0 Å². The molecule has 1 rings (SSSR count). The monoisotopic (exact) mass is 247 g/mol. The number of aliphatic hydroxyl groups is 1. The topological polar surface area (TPSA) is 23.5 Å². The Morgan fingerprint density at radius 2 is 2.31 bits per heavy atom. The number of rotatable bonds is 2. The Labute approximate surface area is 88.7 Å². The highest BCUT2D eigenvalue weighted by Crippen LogP contribution is 2.29. The lowest BCUT2D eigenvalue weighted by atomic mass is 9.81. The van der Waals surface area contributed by atoms with E-state index in [0.29, 0.717) is 0 Å². The number of aliphatic hydroxyl groups excluding tert-OH is 1. The van der Waals surface area contributed by atoms with Crippen molar-refractivity contribution in [2.45, 2.75) is 26.4 Å². The first-order valence-corrected chi connectivity index (χ1v) is 5.45. The van der Waals surface area contributed by atoms with Crippen LogP contribution in [0.25, 0.3) is 0 Å². The summed E-state index contributed by atoms with van der Waals surface area (Å²) in [7, 11) is 0. The van der Waals surface area contributed by atoms with E-state index in [9.17, 15) is 5.11 Å². The number of halogens is 1. The first-order valence-electron chi connectivity index (χ1n) is 4.65. The van der Waals surface area contributed by atoms with Crippen molar-refractivity contribution >= 4 is 15.9 Å². The highest BCUT2D eigenvalue weighted by Gasteiger charge is 2.34. The van der Waals surface area contributed by atoms with Gasteiger partial charge in [0, 0.05) is 29.5 Å². The van der Waals surface area contributed by atoms with Gasteiger partial charge in [0.1, 0.15) is 0 Å². The van der Waals surface area contributed by atoms with Crippen molar-refractivity contribution in [3.05, 3.63) is 11.1 Å². The Hall–Kier alpha value is 0.140. The van der Waals surface area contributed by atoms with E-state index in [4.69, 9.17) is 0 Å². The predicted octanol–water partition coefficient (Wildman–Crippen LogP) is 1.99. The molecular weight excluding hydrogens is 230 g/mol. The second kappa shape index (κ2) is 4.11. The maximum absolute atomic E-state index is 9.73. The van der Waals surface area contributed by atoms with E-state index in [1.54, 1.807) is 0 Å². The summed E-state index contributed by atoms with van der Waals surface area (Å²) in [6.07, 6.45) is 0.708. The second-order valence-corrected chi connectivity index (χ2v) is 5.64. The summed E-state index contributed by atoms with van der Waals surface area (Å²) in [4.78, 5) is 2.32. The molecule has 13 heavy (non-hydrogen) atoms. The van der Waals surface area contributed by atoms with Gasteiger partial charge in [0.25, 0.3) is 0 Å². The fourth-order valence-corrected chi connectivity index (χ4v) is 2.19. The maximum Gasteiger partial charge on any atom is 0.0615 e. The fourth-order valence-electron chi connectivity index (χ4n) is 1.83. The summed E-state index contributed by atoms with van der Waals surface area (Å²) >= 11 is 3.36. The molecule has 0 saturated carbocycles. The smallest absolute Gasteiger partial charge is 0.0615 e. The summed E-state index contributed by atoms with van der Waals surface area (Å²) < 4.78 is 1.01. The van der Waals surface area contributed by atoms with E-state index in [1.807, 2.05) is 0 Å². The van der Waals surface area contributed by atoms with Gasteiger partial charge < -0.3 is 5.11 Å². The maximum atomic E-state index is 9.73. The van der Waals surface area contributed by atoms with Crippen LogP contribution in [0, 0.1) is 5.41 Å². The number of hydrogen-bond donors (Lipinski definition) is 1. The molecule has 1 heterocycles. The van der Waals surface area contributed by atoms with E-state index < -0.39 is 0 Å². The van der Waals surface area contributed by atoms with Crippen molar-refractivity contribution in [3.8, 4) is 0 Å². The van der Waals surface area contributed by atoms with Crippen LogP contribution in [0.4, 0.5) is 0 Å². The molecule has 1 N–H and O–H groups in total. The zero-order valence-electron chi connectivity index (χ0n) is 8.39. The van der Waals surface area contributed by atoms with Crippen LogP contribution in [0.2, 0.25) is 0 Å². The van der Waals surface area contributed by atoms with Gasteiger partial charge in [-0.1, -0.05) is 36.4 Å². The van der Waals surface area contributed by atoms with Crippen LogP contribution >= 0.6 is 15.9 Å². The lowest BCUT2D eigenvalue weighted by molar-refractivity contribution is -0.0209. The molecule has 0 radical (unpaired) electrons. The zero-order valence-corrected chi connectivity index (χ0v) is 9.97. The second-order valence-electron chi connectivity index (χ2n) is 4.52. The normalized spacial score (nSPS) is 28.8. The van der Waals surface area contributed by atoms with E-state index >= 15 is 0 Å². The van der Waals surface area contributed by atoms with Gasteiger partial charge in [-0.3, -0.25) is 4.90 Å². The van der Waals surface area contributed by atoms with Crippen molar-refractivity contribution in [3.63, 3.8) is 0 Å². The highest BCUT2D eigenvalue weighted by molar-refractivity contribution is 9.11. The zero-order chi connectivity index (χ0) is 10.1. The predicted molar refractivity (Wildman–Crippen MR) is 58.9 cm³/mol. The van der Waals surface area contributed by atoms with Crippen LogP contribution in [0.15, 0.2) is 11.1 Å². The molecule has 0 amide bonds. The van der Waals surface area contributed by atoms with Crippen LogP contribution in [-0.2, 0) is 0 Å². The summed E-state index contributed by atoms with van der Waals surface area (Å²) in [5.74, 6) is 0. The first-order chi connectivity index (χ1) is 5.92. The van der Waals surface area contributed by atoms with E-state index in [2.05, 4.69) is 41.3 Å². The van der Waals surface area contributed by atoms with Gasteiger partial charge in [0.05, 0.1) is 6.10 Å². The van der Waals surface area contributed by atoms with Crippen LogP contribution in [0.1, 0.15) is 20.3 Å². The Kier molecular flexibility index (Phi) is 3.55. The van der Waals surface area contributed by atoms with Crippen molar-refractivity contribution in [2.24, 2.45) is 5.41 Å². The van der Waals surface area contributed by atoms with Gasteiger partial charge in [-0.25, -0.2) is 0 Å². The number of nitrogens with zero attached hydrogens (tertiary/aromatic N) is 1. The molecule has 1 unspecified atom stereocenters. The molecule has 1 aliphatic heterocycles. The number of likely N-dealkylation sites (tertiary alicyclic amines) is 1. The molecule has 76 valence electrons. The molecule has 2 nitrogen and oxygen atoms in total. The lowest BCUT2D eigenvalue weighted by Gasteiger charge is -2.41. The number of hydrogen-bond acceptors (Lipinski definition) is 2. The third-order valence-corrected chi connectivity index (χ3v) is 2.90. The van der Waals surface area contributed by atoms with Crippen molar-refractivity contribution in [1.82, 2.24) is 4.90 Å². The molecule has 0 aliphatic carbocycles. The molecule has 0 aromatic carbocycles. The van der Waals surface area contributed by atoms with Crippen molar-refractivity contribution in [2.75, 3.05) is 19.6 Å². The lowest BCUT2D eigenvalue weighted by Crippen LogP contribution is -2.48. The quantitative estimate of drug-likeness (QED) is 0.807. The minimum Gasteiger partial charge on any atom is -0.392 e. The minimum absolute atomic E-state index is 0.0146. The standard InChI is InChI=1S/C10H18BrNO/c1-8(11)6-12-5-4-9(13)10(2,3)7-12/h9,13H,1,4-7H2,2-3H3. The largest absolute Gasteiger partial charge is 0.392 e. The number of piperidine rings is 1. The van der Waals surface area contributed by atoms with Gasteiger partial charge in [0.15, 0.2) is 0 Å². The summed E-state index contributed by atoms with van der Waals surface area (Å²) in [5, 5.41) is 9.73. The molecule has 1 aliphatic rings. The van der Waals surface area contributed by atoms with Crippen LogP contribution < -0.4 is 0 Å².